The van der Waals surface area contributed by atoms with Gasteiger partial charge in [-0.3, -0.25) is 9.78 Å². The number of oxime groups is 1. The lowest BCUT2D eigenvalue weighted by atomic mass is 9.80. The average Bonchev–Trinajstić information content (AvgIpc) is 2.90. The maximum atomic E-state index is 13.0. The third-order valence-electron chi connectivity index (χ3n) is 6.80. The summed E-state index contributed by atoms with van der Waals surface area (Å²) in [4.78, 5) is 29.6. The lowest BCUT2D eigenvalue weighted by Gasteiger charge is -2.37. The molecule has 37 heavy (non-hydrogen) atoms. The highest BCUT2D eigenvalue weighted by Gasteiger charge is 2.31. The highest BCUT2D eigenvalue weighted by molar-refractivity contribution is 6.01. The SMILES string of the molecule is CN(c1c(C#N)c(=O)n(C)c2ccc(C#N)nc12)C1CCC(/C(=N\OC(C)(C)C)c2cccnc2)CC1. The zero-order valence-corrected chi connectivity index (χ0v) is 21.9. The number of rotatable bonds is 5. The maximum absolute atomic E-state index is 13.0. The largest absolute Gasteiger partial charge is 0.390 e. The van der Waals surface area contributed by atoms with Crippen LogP contribution >= 0.6 is 0 Å². The van der Waals surface area contributed by atoms with Crippen LogP contribution in [0.5, 0.6) is 0 Å². The molecule has 1 aliphatic carbocycles. The van der Waals surface area contributed by atoms with E-state index in [9.17, 15) is 15.3 Å². The summed E-state index contributed by atoms with van der Waals surface area (Å²) in [6, 6.07) is 11.4. The van der Waals surface area contributed by atoms with E-state index >= 15 is 0 Å². The number of nitrogens with zero attached hydrogens (tertiary/aromatic N) is 7. The van der Waals surface area contributed by atoms with Crippen molar-refractivity contribution < 1.29 is 4.84 Å². The topological polar surface area (TPSA) is 120 Å². The van der Waals surface area contributed by atoms with Gasteiger partial charge in [0.05, 0.1) is 16.9 Å². The first kappa shape index (κ1) is 25.8. The number of hydrogen-bond donors (Lipinski definition) is 0. The van der Waals surface area contributed by atoms with E-state index < -0.39 is 5.60 Å². The van der Waals surface area contributed by atoms with Crippen molar-refractivity contribution in [2.24, 2.45) is 18.1 Å². The molecule has 0 aliphatic heterocycles. The Morgan fingerprint density at radius 2 is 1.89 bits per heavy atom. The maximum Gasteiger partial charge on any atom is 0.270 e. The van der Waals surface area contributed by atoms with Crippen molar-refractivity contribution in [1.82, 2.24) is 14.5 Å². The normalized spacial score (nSPS) is 18.2. The molecule has 4 rings (SSSR count). The van der Waals surface area contributed by atoms with Gasteiger partial charge in [0, 0.05) is 44.0 Å². The minimum absolute atomic E-state index is 0.0402. The smallest absolute Gasteiger partial charge is 0.270 e. The van der Waals surface area contributed by atoms with Gasteiger partial charge in [-0.2, -0.15) is 10.5 Å². The second-order valence-corrected chi connectivity index (χ2v) is 10.4. The number of hydrogen-bond acceptors (Lipinski definition) is 8. The van der Waals surface area contributed by atoms with Gasteiger partial charge in [0.15, 0.2) is 0 Å². The molecule has 0 unspecified atom stereocenters. The van der Waals surface area contributed by atoms with Crippen LogP contribution in [0, 0.1) is 28.6 Å². The minimum Gasteiger partial charge on any atom is -0.390 e. The molecule has 0 aromatic carbocycles. The molecule has 0 saturated heterocycles. The molecule has 1 fully saturated rings. The standard InChI is InChI=1S/C28H31N7O2/c1-28(2,3)37-33-24(19-7-6-14-31-17-19)18-8-11-21(12-9-18)34(4)26-22(16-30)27(36)35(5)23-13-10-20(15-29)32-25(23)26/h6-7,10,13-14,17-18,21H,8-9,11-12H2,1-5H3/b33-24+. The number of aromatic nitrogens is 3. The van der Waals surface area contributed by atoms with E-state index in [0.717, 1.165) is 37.0 Å². The minimum atomic E-state index is -0.408. The first-order valence-corrected chi connectivity index (χ1v) is 12.4. The van der Waals surface area contributed by atoms with Crippen molar-refractivity contribution in [2.75, 3.05) is 11.9 Å². The van der Waals surface area contributed by atoms with Crippen LogP contribution in [-0.4, -0.2) is 38.9 Å². The van der Waals surface area contributed by atoms with E-state index in [-0.39, 0.29) is 28.8 Å². The van der Waals surface area contributed by atoms with Gasteiger partial charge in [-0.1, -0.05) is 5.16 Å². The molecule has 0 atom stereocenters. The molecule has 0 spiro atoms. The van der Waals surface area contributed by atoms with E-state index in [4.69, 9.17) is 4.84 Å². The monoisotopic (exact) mass is 497 g/mol. The Bertz CT molecular complexity index is 1470. The molecule has 9 heteroatoms. The number of fused-ring (bicyclic) bond motifs is 1. The Morgan fingerprint density at radius 1 is 1.16 bits per heavy atom. The number of nitriles is 2. The molecule has 1 aliphatic rings. The van der Waals surface area contributed by atoms with Crippen molar-refractivity contribution in [2.45, 2.75) is 58.1 Å². The fourth-order valence-corrected chi connectivity index (χ4v) is 4.88. The predicted octanol–water partition coefficient (Wildman–Crippen LogP) is 4.29. The van der Waals surface area contributed by atoms with Gasteiger partial charge < -0.3 is 14.3 Å². The van der Waals surface area contributed by atoms with Crippen molar-refractivity contribution in [3.63, 3.8) is 0 Å². The summed E-state index contributed by atoms with van der Waals surface area (Å²) in [6.07, 6.45) is 6.93. The zero-order chi connectivity index (χ0) is 26.7. The molecule has 3 heterocycles. The quantitative estimate of drug-likeness (QED) is 0.381. The molecule has 0 N–H and O–H groups in total. The number of pyridine rings is 3. The Hall–Kier alpha value is -4.24. The molecule has 0 bridgehead atoms. The van der Waals surface area contributed by atoms with Crippen LogP contribution in [0.1, 0.15) is 63.3 Å². The predicted molar refractivity (Wildman–Crippen MR) is 142 cm³/mol. The van der Waals surface area contributed by atoms with Crippen molar-refractivity contribution in [3.8, 4) is 12.1 Å². The van der Waals surface area contributed by atoms with E-state index in [1.165, 1.54) is 4.57 Å². The molecule has 0 amide bonds. The molecule has 3 aromatic rings. The Labute approximate surface area is 216 Å². The number of anilines is 1. The van der Waals surface area contributed by atoms with Gasteiger partial charge in [-0.25, -0.2) is 4.98 Å². The van der Waals surface area contributed by atoms with Gasteiger partial charge in [-0.15, -0.1) is 0 Å². The third-order valence-corrected chi connectivity index (χ3v) is 6.80. The third kappa shape index (κ3) is 5.31. The summed E-state index contributed by atoms with van der Waals surface area (Å²) >= 11 is 0. The van der Waals surface area contributed by atoms with E-state index in [0.29, 0.717) is 16.7 Å². The van der Waals surface area contributed by atoms with Crippen LogP contribution in [0.4, 0.5) is 5.69 Å². The van der Waals surface area contributed by atoms with E-state index in [1.807, 2.05) is 51.0 Å². The molecular weight excluding hydrogens is 466 g/mol. The molecule has 9 nitrogen and oxygen atoms in total. The van der Waals surface area contributed by atoms with Crippen LogP contribution in [0.3, 0.4) is 0 Å². The molecule has 1 saturated carbocycles. The van der Waals surface area contributed by atoms with Crippen LogP contribution < -0.4 is 10.5 Å². The van der Waals surface area contributed by atoms with E-state index in [1.54, 1.807) is 25.4 Å². The van der Waals surface area contributed by atoms with Crippen molar-refractivity contribution >= 4 is 22.4 Å². The second-order valence-electron chi connectivity index (χ2n) is 10.4. The second kappa shape index (κ2) is 10.4. The van der Waals surface area contributed by atoms with Crippen LogP contribution in [0.15, 0.2) is 46.6 Å². The fraction of sp³-hybridized carbons (Fsp3) is 0.429. The highest BCUT2D eigenvalue weighted by atomic mass is 16.6. The lowest BCUT2D eigenvalue weighted by Crippen LogP contribution is -2.39. The van der Waals surface area contributed by atoms with Gasteiger partial charge in [0.25, 0.3) is 5.56 Å². The van der Waals surface area contributed by atoms with Gasteiger partial charge in [0.2, 0.25) is 0 Å². The van der Waals surface area contributed by atoms with Gasteiger partial charge in [-0.05, 0) is 70.7 Å². The zero-order valence-electron chi connectivity index (χ0n) is 21.9. The first-order chi connectivity index (χ1) is 17.6. The Balaban J connectivity index is 1.66. The molecule has 190 valence electrons. The summed E-state index contributed by atoms with van der Waals surface area (Å²) in [5.41, 5.74) is 2.89. The van der Waals surface area contributed by atoms with Gasteiger partial charge in [0.1, 0.15) is 34.5 Å². The molecule has 3 aromatic heterocycles. The first-order valence-electron chi connectivity index (χ1n) is 12.4. The average molecular weight is 498 g/mol. The summed E-state index contributed by atoms with van der Waals surface area (Å²) in [5, 5.41) is 23.9. The summed E-state index contributed by atoms with van der Waals surface area (Å²) in [6.45, 7) is 5.91. The van der Waals surface area contributed by atoms with Crippen molar-refractivity contribution in [3.05, 3.63) is 63.8 Å². The highest BCUT2D eigenvalue weighted by Crippen LogP contribution is 2.35. The summed E-state index contributed by atoms with van der Waals surface area (Å²) in [5.74, 6) is 0.190. The number of aryl methyl sites for hydroxylation is 1. The Morgan fingerprint density at radius 3 is 2.49 bits per heavy atom. The van der Waals surface area contributed by atoms with Crippen LogP contribution in [-0.2, 0) is 11.9 Å². The van der Waals surface area contributed by atoms with Crippen LogP contribution in [0.2, 0.25) is 0 Å². The summed E-state index contributed by atoms with van der Waals surface area (Å²) in [7, 11) is 3.52. The molecule has 0 radical (unpaired) electrons. The Kier molecular flexibility index (Phi) is 7.26. The van der Waals surface area contributed by atoms with E-state index in [2.05, 4.69) is 27.3 Å². The fourth-order valence-electron chi connectivity index (χ4n) is 4.88. The summed E-state index contributed by atoms with van der Waals surface area (Å²) < 4.78 is 1.42. The lowest BCUT2D eigenvalue weighted by molar-refractivity contribution is -0.0000327. The molecular formula is C28H31N7O2. The van der Waals surface area contributed by atoms with Crippen LogP contribution in [0.25, 0.3) is 11.0 Å². The van der Waals surface area contributed by atoms with Crippen molar-refractivity contribution in [1.29, 1.82) is 10.5 Å². The van der Waals surface area contributed by atoms with Gasteiger partial charge >= 0.3 is 0 Å².